The van der Waals surface area contributed by atoms with Crippen molar-refractivity contribution < 1.29 is 24.0 Å². The summed E-state index contributed by atoms with van der Waals surface area (Å²) in [6.45, 7) is 2.72. The number of pyridine rings is 1. The Morgan fingerprint density at radius 2 is 1.96 bits per heavy atom. The third kappa shape index (κ3) is 3.70. The second-order valence-electron chi connectivity index (χ2n) is 6.53. The van der Waals surface area contributed by atoms with E-state index in [0.717, 1.165) is 4.90 Å². The summed E-state index contributed by atoms with van der Waals surface area (Å²) in [6, 6.07) is 9.21. The van der Waals surface area contributed by atoms with Crippen LogP contribution >= 0.6 is 0 Å². The minimum Gasteiger partial charge on any atom is -0.497 e. The molecule has 0 radical (unpaired) electrons. The predicted octanol–water partition coefficient (Wildman–Crippen LogP) is 2.14. The average molecular weight is 386 g/mol. The van der Waals surface area contributed by atoms with Gasteiger partial charge in [0.05, 0.1) is 7.11 Å². The molecule has 0 saturated carbocycles. The fraction of sp³-hybridized carbons (Fsp3) is 0.278. The van der Waals surface area contributed by atoms with E-state index < -0.39 is 28.2 Å². The summed E-state index contributed by atoms with van der Waals surface area (Å²) < 4.78 is 10.7. The number of carbonyl (C=O) groups excluding carboxylic acids is 2. The minimum atomic E-state index is -1.24. The third-order valence-corrected chi connectivity index (χ3v) is 4.07. The number of anilines is 2. The first-order chi connectivity index (χ1) is 13.2. The standard InChI is InChI=1S/C18H18N4O6/c1-18(2)17(24)21(16-13(28-18)8-9-14(20-16)22(25)26)10-15(23)19-11-4-6-12(27-3)7-5-11/h4-9H,10H2,1-3H3,(H,19,23). The van der Waals surface area contributed by atoms with Crippen molar-refractivity contribution in [3.63, 3.8) is 0 Å². The molecule has 1 aliphatic heterocycles. The molecule has 1 aliphatic rings. The van der Waals surface area contributed by atoms with Gasteiger partial charge in [-0.3, -0.25) is 14.5 Å². The van der Waals surface area contributed by atoms with E-state index in [-0.39, 0.29) is 18.1 Å². The molecule has 1 N–H and O–H groups in total. The summed E-state index contributed by atoms with van der Waals surface area (Å²) in [5, 5.41) is 13.7. The van der Waals surface area contributed by atoms with Crippen LogP contribution in [0.4, 0.5) is 17.3 Å². The van der Waals surface area contributed by atoms with Gasteiger partial charge in [0.25, 0.3) is 11.7 Å². The molecule has 28 heavy (non-hydrogen) atoms. The normalized spacial score (nSPS) is 14.7. The zero-order valence-corrected chi connectivity index (χ0v) is 15.5. The lowest BCUT2D eigenvalue weighted by atomic mass is 10.1. The maximum atomic E-state index is 12.8. The molecule has 0 bridgehead atoms. The van der Waals surface area contributed by atoms with E-state index in [9.17, 15) is 19.7 Å². The molecule has 2 heterocycles. The van der Waals surface area contributed by atoms with Gasteiger partial charge in [0.15, 0.2) is 11.4 Å². The molecule has 10 nitrogen and oxygen atoms in total. The topological polar surface area (TPSA) is 124 Å². The van der Waals surface area contributed by atoms with Gasteiger partial charge in [-0.25, -0.2) is 0 Å². The van der Waals surface area contributed by atoms with E-state index >= 15 is 0 Å². The number of benzene rings is 1. The van der Waals surface area contributed by atoms with Crippen LogP contribution in [0.15, 0.2) is 36.4 Å². The van der Waals surface area contributed by atoms with Crippen molar-refractivity contribution in [2.24, 2.45) is 0 Å². The molecular formula is C18H18N4O6. The minimum absolute atomic E-state index is 0.0663. The van der Waals surface area contributed by atoms with Crippen molar-refractivity contribution in [2.45, 2.75) is 19.4 Å². The highest BCUT2D eigenvalue weighted by Gasteiger charge is 2.45. The molecule has 0 unspecified atom stereocenters. The van der Waals surface area contributed by atoms with Crippen molar-refractivity contribution in [1.29, 1.82) is 0 Å². The number of hydrogen-bond donors (Lipinski definition) is 1. The van der Waals surface area contributed by atoms with Crippen LogP contribution in [0.3, 0.4) is 0 Å². The number of carbonyl (C=O) groups is 2. The molecule has 0 aliphatic carbocycles. The maximum Gasteiger partial charge on any atom is 0.366 e. The third-order valence-electron chi connectivity index (χ3n) is 4.07. The average Bonchev–Trinajstić information content (AvgIpc) is 2.65. The van der Waals surface area contributed by atoms with Crippen LogP contribution in [-0.4, -0.2) is 41.0 Å². The molecule has 0 atom stereocenters. The quantitative estimate of drug-likeness (QED) is 0.616. The van der Waals surface area contributed by atoms with E-state index in [1.165, 1.54) is 19.2 Å². The first kappa shape index (κ1) is 19.1. The van der Waals surface area contributed by atoms with E-state index in [1.807, 2.05) is 0 Å². The Hall–Kier alpha value is -3.69. The molecule has 0 fully saturated rings. The Bertz CT molecular complexity index is 942. The summed E-state index contributed by atoms with van der Waals surface area (Å²) in [7, 11) is 1.53. The highest BCUT2D eigenvalue weighted by Crippen LogP contribution is 2.37. The Balaban J connectivity index is 1.86. The summed E-state index contributed by atoms with van der Waals surface area (Å²) in [6.07, 6.45) is 0. The SMILES string of the molecule is COc1ccc(NC(=O)CN2C(=O)C(C)(C)Oc3ccc([N+](=O)[O-])nc32)cc1. The van der Waals surface area contributed by atoms with Crippen LogP contribution in [-0.2, 0) is 9.59 Å². The number of methoxy groups -OCH3 is 1. The summed E-state index contributed by atoms with van der Waals surface area (Å²) >= 11 is 0. The molecule has 2 amide bonds. The van der Waals surface area contributed by atoms with E-state index in [2.05, 4.69) is 10.3 Å². The lowest BCUT2D eigenvalue weighted by Gasteiger charge is -2.35. The van der Waals surface area contributed by atoms with Gasteiger partial charge in [0.1, 0.15) is 12.3 Å². The number of ether oxygens (including phenoxy) is 2. The van der Waals surface area contributed by atoms with Gasteiger partial charge >= 0.3 is 5.82 Å². The second-order valence-corrected chi connectivity index (χ2v) is 6.53. The lowest BCUT2D eigenvalue weighted by Crippen LogP contribution is -2.54. The number of nitro groups is 1. The molecule has 3 rings (SSSR count). The van der Waals surface area contributed by atoms with Crippen LogP contribution in [0.25, 0.3) is 0 Å². The van der Waals surface area contributed by atoms with Gasteiger partial charge in [-0.1, -0.05) is 0 Å². The summed E-state index contributed by atoms with van der Waals surface area (Å²) in [5.41, 5.74) is -0.733. The van der Waals surface area contributed by atoms with Gasteiger partial charge < -0.3 is 24.9 Å². The Morgan fingerprint density at radius 1 is 1.29 bits per heavy atom. The van der Waals surface area contributed by atoms with Crippen molar-refractivity contribution in [1.82, 2.24) is 4.98 Å². The Morgan fingerprint density at radius 3 is 2.57 bits per heavy atom. The molecule has 0 saturated heterocycles. The number of amides is 2. The highest BCUT2D eigenvalue weighted by molar-refractivity contribution is 6.07. The van der Waals surface area contributed by atoms with Crippen molar-refractivity contribution in [2.75, 3.05) is 23.9 Å². The first-order valence-electron chi connectivity index (χ1n) is 8.31. The smallest absolute Gasteiger partial charge is 0.366 e. The number of nitrogens with one attached hydrogen (secondary N) is 1. The Kier molecular flexibility index (Phi) is 4.87. The predicted molar refractivity (Wildman–Crippen MR) is 99.6 cm³/mol. The van der Waals surface area contributed by atoms with Gasteiger partial charge in [-0.2, -0.15) is 0 Å². The van der Waals surface area contributed by atoms with Crippen LogP contribution in [0.2, 0.25) is 0 Å². The van der Waals surface area contributed by atoms with E-state index in [4.69, 9.17) is 9.47 Å². The summed E-state index contributed by atoms with van der Waals surface area (Å²) in [4.78, 5) is 40.6. The Labute approximate surface area is 160 Å². The zero-order valence-electron chi connectivity index (χ0n) is 15.5. The van der Waals surface area contributed by atoms with Crippen molar-refractivity contribution in [3.8, 4) is 11.5 Å². The molecule has 1 aromatic heterocycles. The van der Waals surface area contributed by atoms with Crippen molar-refractivity contribution >= 4 is 29.1 Å². The monoisotopic (exact) mass is 386 g/mol. The van der Waals surface area contributed by atoms with Gasteiger partial charge in [-0.15, -0.1) is 0 Å². The lowest BCUT2D eigenvalue weighted by molar-refractivity contribution is -0.389. The maximum absolute atomic E-state index is 12.8. The van der Waals surface area contributed by atoms with E-state index in [0.29, 0.717) is 11.4 Å². The summed E-state index contributed by atoms with van der Waals surface area (Å²) in [5.74, 6) is -0.715. The zero-order chi connectivity index (χ0) is 20.5. The fourth-order valence-corrected chi connectivity index (χ4v) is 2.71. The fourth-order valence-electron chi connectivity index (χ4n) is 2.71. The van der Waals surface area contributed by atoms with Gasteiger partial charge in [0, 0.05) is 11.8 Å². The molecule has 1 aromatic carbocycles. The molecule has 10 heteroatoms. The molecular weight excluding hydrogens is 368 g/mol. The number of aromatic nitrogens is 1. The molecule has 2 aromatic rings. The number of nitrogens with zero attached hydrogens (tertiary/aromatic N) is 3. The second kappa shape index (κ2) is 7.14. The van der Waals surface area contributed by atoms with Crippen LogP contribution in [0.5, 0.6) is 11.5 Å². The first-order valence-corrected chi connectivity index (χ1v) is 8.31. The van der Waals surface area contributed by atoms with Crippen molar-refractivity contribution in [3.05, 3.63) is 46.5 Å². The molecule has 0 spiro atoms. The largest absolute Gasteiger partial charge is 0.497 e. The van der Waals surface area contributed by atoms with E-state index in [1.54, 1.807) is 38.1 Å². The van der Waals surface area contributed by atoms with Crippen LogP contribution in [0, 0.1) is 10.1 Å². The van der Waals surface area contributed by atoms with Crippen LogP contribution in [0.1, 0.15) is 13.8 Å². The number of hydrogen-bond acceptors (Lipinski definition) is 7. The van der Waals surface area contributed by atoms with Gasteiger partial charge in [0.2, 0.25) is 5.91 Å². The number of rotatable bonds is 5. The van der Waals surface area contributed by atoms with Gasteiger partial charge in [-0.05, 0) is 54.1 Å². The number of fused-ring (bicyclic) bond motifs is 1. The van der Waals surface area contributed by atoms with Crippen LogP contribution < -0.4 is 19.7 Å². The highest BCUT2D eigenvalue weighted by atomic mass is 16.6. The molecule has 146 valence electrons.